The number of ether oxygens (including phenoxy) is 2. The van der Waals surface area contributed by atoms with E-state index in [9.17, 15) is 27.6 Å². The lowest BCUT2D eigenvalue weighted by molar-refractivity contribution is -0.155. The van der Waals surface area contributed by atoms with Gasteiger partial charge < -0.3 is 19.7 Å². The van der Waals surface area contributed by atoms with Gasteiger partial charge in [0.15, 0.2) is 0 Å². The Balaban J connectivity index is 1.74. The quantitative estimate of drug-likeness (QED) is 0.310. The molecule has 0 atom stereocenters. The number of nitrogens with one attached hydrogen (secondary N) is 1. The molecule has 0 radical (unpaired) electrons. The second-order valence-corrected chi connectivity index (χ2v) is 10.6. The summed E-state index contributed by atoms with van der Waals surface area (Å²) in [6.07, 6.45) is -5.17. The molecule has 0 aliphatic rings. The van der Waals surface area contributed by atoms with Gasteiger partial charge in [0.05, 0.1) is 19.1 Å². The van der Waals surface area contributed by atoms with Crippen molar-refractivity contribution in [3.05, 3.63) is 89.0 Å². The maximum atomic E-state index is 13.5. The number of carbonyl (C=O) groups is 3. The fourth-order valence-electron chi connectivity index (χ4n) is 4.00. The number of hydrogen-bond acceptors (Lipinski definition) is 5. The van der Waals surface area contributed by atoms with Crippen LogP contribution >= 0.6 is 0 Å². The lowest BCUT2D eigenvalue weighted by Gasteiger charge is -2.25. The Morgan fingerprint density at radius 1 is 0.927 bits per heavy atom. The van der Waals surface area contributed by atoms with Crippen molar-refractivity contribution in [3.63, 3.8) is 0 Å². The monoisotopic (exact) mass is 568 g/mol. The van der Waals surface area contributed by atoms with E-state index >= 15 is 0 Å². The summed E-state index contributed by atoms with van der Waals surface area (Å²) in [5.74, 6) is -1.61. The van der Waals surface area contributed by atoms with Gasteiger partial charge in [-0.15, -0.1) is 0 Å². The highest BCUT2D eigenvalue weighted by Crippen LogP contribution is 2.34. The minimum absolute atomic E-state index is 0.0322. The molecular weight excluding hydrogens is 536 g/mol. The Hall–Kier alpha value is -4.28. The molecule has 3 aromatic carbocycles. The molecule has 0 heterocycles. The molecule has 0 saturated carbocycles. The summed E-state index contributed by atoms with van der Waals surface area (Å²) in [7, 11) is 3.20. The fraction of sp³-hybridized carbons (Fsp3) is 0.300. The summed E-state index contributed by atoms with van der Waals surface area (Å²) in [6.45, 7) is 5.11. The molecule has 3 rings (SSSR count). The van der Waals surface area contributed by atoms with Crippen LogP contribution in [0.4, 0.5) is 18.9 Å². The summed E-state index contributed by atoms with van der Waals surface area (Å²) in [5, 5.41) is 2.56. The first kappa shape index (κ1) is 31.3. The van der Waals surface area contributed by atoms with Gasteiger partial charge in [0.25, 0.3) is 5.91 Å². The SMILES string of the molecule is Bc1ccc(CN(CC(=O)OC(C)(C)C)C(=O)c2ccc(NC(=O)Cc3ccc(OC)cc3C(F)(F)F)cc2)cc1. The fourth-order valence-corrected chi connectivity index (χ4v) is 4.00. The van der Waals surface area contributed by atoms with Crippen molar-refractivity contribution in [2.75, 3.05) is 19.0 Å². The van der Waals surface area contributed by atoms with Crippen molar-refractivity contribution in [1.82, 2.24) is 4.90 Å². The smallest absolute Gasteiger partial charge is 0.416 e. The molecular formula is C30H32BF3N2O5. The molecule has 0 bridgehead atoms. The van der Waals surface area contributed by atoms with E-state index in [-0.39, 0.29) is 30.0 Å². The second-order valence-electron chi connectivity index (χ2n) is 10.6. The Bertz CT molecular complexity index is 1390. The first-order valence-corrected chi connectivity index (χ1v) is 12.9. The van der Waals surface area contributed by atoms with Gasteiger partial charge in [0.2, 0.25) is 5.91 Å². The molecule has 0 aliphatic carbocycles. The predicted molar refractivity (Wildman–Crippen MR) is 152 cm³/mol. The van der Waals surface area contributed by atoms with Gasteiger partial charge in [-0.2, -0.15) is 13.2 Å². The summed E-state index contributed by atoms with van der Waals surface area (Å²) in [5.41, 5.74) is 0.565. The van der Waals surface area contributed by atoms with Crippen molar-refractivity contribution < 1.29 is 37.0 Å². The number of amides is 2. The number of anilines is 1. The number of benzene rings is 3. The zero-order chi connectivity index (χ0) is 30.4. The number of carbonyl (C=O) groups excluding carboxylic acids is 3. The molecule has 2 amide bonds. The van der Waals surface area contributed by atoms with Crippen molar-refractivity contribution in [1.29, 1.82) is 0 Å². The number of rotatable bonds is 9. The molecule has 7 nitrogen and oxygen atoms in total. The van der Waals surface area contributed by atoms with Crippen LogP contribution in [0.5, 0.6) is 5.75 Å². The molecule has 0 saturated heterocycles. The maximum absolute atomic E-state index is 13.5. The lowest BCUT2D eigenvalue weighted by Crippen LogP contribution is -2.38. The zero-order valence-corrected chi connectivity index (χ0v) is 23.6. The first-order chi connectivity index (χ1) is 19.1. The molecule has 216 valence electrons. The minimum Gasteiger partial charge on any atom is -0.497 e. The van der Waals surface area contributed by atoms with E-state index in [4.69, 9.17) is 9.47 Å². The number of halogens is 3. The van der Waals surface area contributed by atoms with Crippen LogP contribution in [0.15, 0.2) is 66.7 Å². The summed E-state index contributed by atoms with van der Waals surface area (Å²) < 4.78 is 50.8. The molecule has 0 unspecified atom stereocenters. The van der Waals surface area contributed by atoms with Crippen LogP contribution in [0, 0.1) is 0 Å². The molecule has 0 aliphatic heterocycles. The number of hydrogen-bond donors (Lipinski definition) is 1. The molecule has 1 N–H and O–H groups in total. The van der Waals surface area contributed by atoms with Crippen LogP contribution in [0.25, 0.3) is 0 Å². The number of esters is 1. The highest BCUT2D eigenvalue weighted by Gasteiger charge is 2.34. The minimum atomic E-state index is -4.66. The lowest BCUT2D eigenvalue weighted by atomic mass is 9.95. The Morgan fingerprint density at radius 3 is 2.12 bits per heavy atom. The third kappa shape index (κ3) is 9.41. The van der Waals surface area contributed by atoms with Gasteiger partial charge >= 0.3 is 12.1 Å². The molecule has 11 heteroatoms. The summed E-state index contributed by atoms with van der Waals surface area (Å²) in [6, 6.07) is 16.9. The average Bonchev–Trinajstić information content (AvgIpc) is 2.88. The highest BCUT2D eigenvalue weighted by atomic mass is 19.4. The number of nitrogens with zero attached hydrogens (tertiary/aromatic N) is 1. The molecule has 41 heavy (non-hydrogen) atoms. The van der Waals surface area contributed by atoms with Gasteiger partial charge in [0.1, 0.15) is 25.7 Å². The summed E-state index contributed by atoms with van der Waals surface area (Å²) in [4.78, 5) is 39.9. The Morgan fingerprint density at radius 2 is 1.56 bits per heavy atom. The third-order valence-electron chi connectivity index (χ3n) is 5.91. The average molecular weight is 568 g/mol. The van der Waals surface area contributed by atoms with Gasteiger partial charge in [-0.25, -0.2) is 0 Å². The van der Waals surface area contributed by atoms with Crippen molar-refractivity contribution in [2.24, 2.45) is 0 Å². The standard InChI is InChI=1S/C30H32BF3N2O5/c1-29(2,3)41-27(38)18-36(17-19-5-10-22(31)11-6-19)28(39)20-7-12-23(13-8-20)35-26(37)15-21-9-14-24(40-4)16-25(21)30(32,33)34/h5-14,16H,15,17-18,31H2,1-4H3,(H,35,37). The van der Waals surface area contributed by atoms with Gasteiger partial charge in [-0.1, -0.05) is 35.8 Å². The van der Waals surface area contributed by atoms with E-state index in [1.54, 1.807) is 20.8 Å². The first-order valence-electron chi connectivity index (χ1n) is 12.9. The predicted octanol–water partition coefficient (Wildman–Crippen LogP) is 4.14. The largest absolute Gasteiger partial charge is 0.497 e. The summed E-state index contributed by atoms with van der Waals surface area (Å²) >= 11 is 0. The normalized spacial score (nSPS) is 11.5. The molecule has 0 aromatic heterocycles. The van der Waals surface area contributed by atoms with Crippen molar-refractivity contribution in [2.45, 2.75) is 45.5 Å². The van der Waals surface area contributed by atoms with Gasteiger partial charge in [-0.3, -0.25) is 14.4 Å². The molecule has 0 spiro atoms. The van der Waals surface area contributed by atoms with Crippen molar-refractivity contribution >= 4 is 36.8 Å². The molecule has 0 fully saturated rings. The van der Waals surface area contributed by atoms with E-state index in [1.807, 2.05) is 32.1 Å². The van der Waals surface area contributed by atoms with E-state index in [0.717, 1.165) is 17.1 Å². The second kappa shape index (κ2) is 12.9. The van der Waals surface area contributed by atoms with Crippen LogP contribution in [0.2, 0.25) is 0 Å². The highest BCUT2D eigenvalue weighted by molar-refractivity contribution is 6.32. The van der Waals surface area contributed by atoms with Crippen LogP contribution < -0.4 is 15.5 Å². The number of alkyl halides is 3. The topological polar surface area (TPSA) is 84.9 Å². The van der Waals surface area contributed by atoms with Crippen molar-refractivity contribution in [3.8, 4) is 5.75 Å². The van der Waals surface area contributed by atoms with Gasteiger partial charge in [0, 0.05) is 17.8 Å². The van der Waals surface area contributed by atoms with Crippen LogP contribution in [-0.2, 0) is 33.5 Å². The Labute approximate surface area is 238 Å². The molecule has 3 aromatic rings. The van der Waals surface area contributed by atoms with E-state index in [0.29, 0.717) is 5.69 Å². The van der Waals surface area contributed by atoms with E-state index in [1.165, 1.54) is 48.4 Å². The maximum Gasteiger partial charge on any atom is 0.416 e. The van der Waals surface area contributed by atoms with Crippen LogP contribution in [-0.4, -0.2) is 49.8 Å². The Kier molecular flexibility index (Phi) is 9.86. The van der Waals surface area contributed by atoms with Crippen LogP contribution in [0.3, 0.4) is 0 Å². The number of methoxy groups -OCH3 is 1. The van der Waals surface area contributed by atoms with Gasteiger partial charge in [-0.05, 0) is 68.3 Å². The van der Waals surface area contributed by atoms with E-state index in [2.05, 4.69) is 5.32 Å². The third-order valence-corrected chi connectivity index (χ3v) is 5.91. The van der Waals surface area contributed by atoms with Crippen LogP contribution in [0.1, 0.15) is 47.8 Å². The van der Waals surface area contributed by atoms with E-state index < -0.39 is 41.5 Å². The zero-order valence-electron chi connectivity index (χ0n) is 23.6.